The molecule has 0 unspecified atom stereocenters. The second-order valence-corrected chi connectivity index (χ2v) is 5.32. The maximum Gasteiger partial charge on any atom is 0.323 e. The highest BCUT2D eigenvalue weighted by Crippen LogP contribution is 2.45. The number of carbonyl (C=O) groups is 2. The van der Waals surface area contributed by atoms with Gasteiger partial charge in [-0.3, -0.25) is 9.59 Å². The zero-order valence-electron chi connectivity index (χ0n) is 12.2. The lowest BCUT2D eigenvalue weighted by atomic mass is 9.69. The molecule has 0 bridgehead atoms. The first-order valence-electron chi connectivity index (χ1n) is 6.77. The minimum Gasteiger partial charge on any atom is -0.468 e. The first kappa shape index (κ1) is 14.6. The number of carbonyl (C=O) groups excluding carboxylic acids is 2. The summed E-state index contributed by atoms with van der Waals surface area (Å²) in [5, 5.41) is 0. The van der Waals surface area contributed by atoms with E-state index in [2.05, 4.69) is 18.2 Å². The standard InChI is InChI=1S/C16H20O4/c1-11-9-16(14(17)19-2,15(18)20-3)10-12-7-5-4-6-8-13(11)12/h6-8H,4-5,9-10H2,1-3H3. The first-order chi connectivity index (χ1) is 9.55. The van der Waals surface area contributed by atoms with Crippen LogP contribution in [0.25, 0.3) is 0 Å². The number of fused-ring (bicyclic) bond motifs is 1. The van der Waals surface area contributed by atoms with Crippen molar-refractivity contribution in [1.29, 1.82) is 0 Å². The van der Waals surface area contributed by atoms with Crippen molar-refractivity contribution in [3.63, 3.8) is 0 Å². The lowest BCUT2D eigenvalue weighted by Crippen LogP contribution is -2.43. The largest absolute Gasteiger partial charge is 0.468 e. The van der Waals surface area contributed by atoms with E-state index in [4.69, 9.17) is 9.47 Å². The van der Waals surface area contributed by atoms with Crippen LogP contribution in [0.2, 0.25) is 0 Å². The lowest BCUT2D eigenvalue weighted by molar-refractivity contribution is -0.169. The molecule has 0 amide bonds. The molecule has 0 heterocycles. The molecule has 0 saturated carbocycles. The summed E-state index contributed by atoms with van der Waals surface area (Å²) in [6.45, 7) is 1.96. The highest BCUT2D eigenvalue weighted by Gasteiger charge is 2.51. The smallest absolute Gasteiger partial charge is 0.323 e. The zero-order chi connectivity index (χ0) is 14.8. The van der Waals surface area contributed by atoms with E-state index < -0.39 is 17.4 Å². The van der Waals surface area contributed by atoms with E-state index in [0.717, 1.165) is 29.6 Å². The summed E-state index contributed by atoms with van der Waals surface area (Å²) in [7, 11) is 2.62. The lowest BCUT2D eigenvalue weighted by Gasteiger charge is -2.34. The Morgan fingerprint density at radius 1 is 1.10 bits per heavy atom. The molecular formula is C16H20O4. The van der Waals surface area contributed by atoms with Gasteiger partial charge < -0.3 is 9.47 Å². The molecule has 2 aliphatic carbocycles. The van der Waals surface area contributed by atoms with Crippen LogP contribution < -0.4 is 0 Å². The minimum atomic E-state index is -1.24. The SMILES string of the molecule is COC(=O)C1(C(=O)OC)CC2=CCCC=CC2=C(C)C1. The van der Waals surface area contributed by atoms with Crippen molar-refractivity contribution in [3.05, 3.63) is 34.9 Å². The molecule has 108 valence electrons. The van der Waals surface area contributed by atoms with E-state index in [-0.39, 0.29) is 0 Å². The minimum absolute atomic E-state index is 0.351. The average Bonchev–Trinajstić information content (AvgIpc) is 2.70. The molecule has 4 nitrogen and oxygen atoms in total. The summed E-state index contributed by atoms with van der Waals surface area (Å²) in [5.74, 6) is -1.03. The van der Waals surface area contributed by atoms with Gasteiger partial charge in [0.25, 0.3) is 0 Å². The Morgan fingerprint density at radius 3 is 2.35 bits per heavy atom. The van der Waals surface area contributed by atoms with Gasteiger partial charge in [0.2, 0.25) is 0 Å². The second-order valence-electron chi connectivity index (χ2n) is 5.32. The highest BCUT2D eigenvalue weighted by molar-refractivity contribution is 6.01. The molecule has 0 atom stereocenters. The Kier molecular flexibility index (Phi) is 4.12. The third kappa shape index (κ3) is 2.30. The van der Waals surface area contributed by atoms with E-state index in [1.54, 1.807) is 0 Å². The van der Waals surface area contributed by atoms with Gasteiger partial charge in [-0.25, -0.2) is 0 Å². The Morgan fingerprint density at radius 2 is 1.75 bits per heavy atom. The third-order valence-corrected chi connectivity index (χ3v) is 4.03. The van der Waals surface area contributed by atoms with Crippen molar-refractivity contribution in [3.8, 4) is 0 Å². The van der Waals surface area contributed by atoms with E-state index in [9.17, 15) is 9.59 Å². The Labute approximate surface area is 119 Å². The Hall–Kier alpha value is -1.84. The van der Waals surface area contributed by atoms with Gasteiger partial charge in [0.1, 0.15) is 0 Å². The van der Waals surface area contributed by atoms with Crippen molar-refractivity contribution in [2.75, 3.05) is 14.2 Å². The molecule has 0 N–H and O–H groups in total. The van der Waals surface area contributed by atoms with E-state index >= 15 is 0 Å². The fourth-order valence-electron chi connectivity index (χ4n) is 3.05. The van der Waals surface area contributed by atoms with Crippen LogP contribution >= 0.6 is 0 Å². The van der Waals surface area contributed by atoms with Gasteiger partial charge in [-0.15, -0.1) is 0 Å². The number of allylic oxidation sites excluding steroid dienone is 6. The molecule has 2 aliphatic rings. The molecule has 0 saturated heterocycles. The van der Waals surface area contributed by atoms with Crippen LogP contribution in [0.1, 0.15) is 32.6 Å². The van der Waals surface area contributed by atoms with Crippen molar-refractivity contribution >= 4 is 11.9 Å². The number of methoxy groups -OCH3 is 2. The second kappa shape index (κ2) is 5.65. The summed E-state index contributed by atoms with van der Waals surface area (Å²) in [6.07, 6.45) is 8.92. The first-order valence-corrected chi connectivity index (χ1v) is 6.77. The molecule has 0 aromatic carbocycles. The van der Waals surface area contributed by atoms with Gasteiger partial charge in [0.15, 0.2) is 5.41 Å². The predicted octanol–water partition coefficient (Wildman–Crippen LogP) is 2.71. The van der Waals surface area contributed by atoms with Crippen LogP contribution in [-0.2, 0) is 19.1 Å². The number of rotatable bonds is 2. The Bertz CT molecular complexity index is 507. The van der Waals surface area contributed by atoms with Gasteiger partial charge in [-0.05, 0) is 43.8 Å². The van der Waals surface area contributed by atoms with Crippen LogP contribution in [0, 0.1) is 5.41 Å². The van der Waals surface area contributed by atoms with E-state index in [1.807, 2.05) is 6.92 Å². The molecule has 20 heavy (non-hydrogen) atoms. The topological polar surface area (TPSA) is 52.6 Å². The maximum absolute atomic E-state index is 12.2. The molecule has 0 spiro atoms. The Balaban J connectivity index is 2.51. The number of hydrogen-bond donors (Lipinski definition) is 0. The number of hydrogen-bond acceptors (Lipinski definition) is 4. The average molecular weight is 276 g/mol. The summed E-state index contributed by atoms with van der Waals surface area (Å²) < 4.78 is 9.74. The van der Waals surface area contributed by atoms with Crippen LogP contribution in [-0.4, -0.2) is 26.2 Å². The van der Waals surface area contributed by atoms with Gasteiger partial charge in [-0.2, -0.15) is 0 Å². The monoisotopic (exact) mass is 276 g/mol. The molecular weight excluding hydrogens is 256 g/mol. The number of esters is 2. The van der Waals surface area contributed by atoms with Crippen LogP contribution in [0.3, 0.4) is 0 Å². The molecule has 0 aromatic rings. The number of ether oxygens (including phenoxy) is 2. The van der Waals surface area contributed by atoms with E-state index in [0.29, 0.717) is 12.8 Å². The molecule has 0 aromatic heterocycles. The highest BCUT2D eigenvalue weighted by atomic mass is 16.5. The predicted molar refractivity (Wildman–Crippen MR) is 74.9 cm³/mol. The summed E-state index contributed by atoms with van der Waals surface area (Å²) in [4.78, 5) is 24.4. The zero-order valence-corrected chi connectivity index (χ0v) is 12.2. The van der Waals surface area contributed by atoms with Gasteiger partial charge in [0, 0.05) is 0 Å². The van der Waals surface area contributed by atoms with E-state index in [1.165, 1.54) is 14.2 Å². The quantitative estimate of drug-likeness (QED) is 0.575. The fourth-order valence-corrected chi connectivity index (χ4v) is 3.05. The summed E-state index contributed by atoms with van der Waals surface area (Å²) in [6, 6.07) is 0. The van der Waals surface area contributed by atoms with Crippen LogP contribution in [0.4, 0.5) is 0 Å². The summed E-state index contributed by atoms with van der Waals surface area (Å²) in [5.41, 5.74) is 1.97. The van der Waals surface area contributed by atoms with Gasteiger partial charge >= 0.3 is 11.9 Å². The van der Waals surface area contributed by atoms with Crippen LogP contribution in [0.15, 0.2) is 34.9 Å². The van der Waals surface area contributed by atoms with Crippen LogP contribution in [0.5, 0.6) is 0 Å². The molecule has 2 rings (SSSR count). The van der Waals surface area contributed by atoms with Gasteiger partial charge in [0.05, 0.1) is 14.2 Å². The maximum atomic E-state index is 12.2. The van der Waals surface area contributed by atoms with Gasteiger partial charge in [-0.1, -0.05) is 23.8 Å². The fraction of sp³-hybridized carbons (Fsp3) is 0.500. The van der Waals surface area contributed by atoms with Crippen molar-refractivity contribution in [2.45, 2.75) is 32.6 Å². The van der Waals surface area contributed by atoms with Crippen molar-refractivity contribution in [1.82, 2.24) is 0 Å². The summed E-state index contributed by atoms with van der Waals surface area (Å²) >= 11 is 0. The molecule has 0 aliphatic heterocycles. The molecule has 4 heteroatoms. The third-order valence-electron chi connectivity index (χ3n) is 4.03. The van der Waals surface area contributed by atoms with Crippen molar-refractivity contribution in [2.24, 2.45) is 5.41 Å². The molecule has 0 radical (unpaired) electrons. The van der Waals surface area contributed by atoms with Crippen molar-refractivity contribution < 1.29 is 19.1 Å². The normalized spacial score (nSPS) is 20.6. The molecule has 0 fully saturated rings.